The molecule has 1 fully saturated rings. The monoisotopic (exact) mass is 267 g/mol. The summed E-state index contributed by atoms with van der Waals surface area (Å²) in [6.45, 7) is 2.29. The molecule has 1 aromatic rings. The average Bonchev–Trinajstić information content (AvgIpc) is 2.38. The van der Waals surface area contributed by atoms with Crippen LogP contribution in [-0.4, -0.2) is 54.4 Å². The fourth-order valence-electron chi connectivity index (χ4n) is 2.27. The van der Waals surface area contributed by atoms with E-state index >= 15 is 0 Å². The van der Waals surface area contributed by atoms with Gasteiger partial charge in [0.2, 0.25) is 0 Å². The molecule has 100 valence electrons. The molecule has 0 saturated carbocycles. The Balaban J connectivity index is 2.12. The molecule has 2 rings (SSSR count). The zero-order valence-electron chi connectivity index (χ0n) is 11.3. The van der Waals surface area contributed by atoms with Crippen molar-refractivity contribution < 1.29 is 0 Å². The second-order valence-corrected chi connectivity index (χ2v) is 5.56. The molecule has 1 saturated heterocycles. The maximum atomic E-state index is 5.83. The number of hydrogen-bond acceptors (Lipinski definition) is 6. The van der Waals surface area contributed by atoms with Gasteiger partial charge in [-0.2, -0.15) is 0 Å². The lowest BCUT2D eigenvalue weighted by atomic mass is 10.0. The molecule has 0 spiro atoms. The first-order valence-corrected chi connectivity index (χ1v) is 7.42. The van der Waals surface area contributed by atoms with Crippen molar-refractivity contribution in [2.45, 2.75) is 24.0 Å². The van der Waals surface area contributed by atoms with E-state index in [1.54, 1.807) is 0 Å². The smallest absolute Gasteiger partial charge is 0.191 e. The van der Waals surface area contributed by atoms with Crippen LogP contribution in [0.2, 0.25) is 0 Å². The highest BCUT2D eigenvalue weighted by atomic mass is 32.2. The van der Waals surface area contributed by atoms with Gasteiger partial charge in [0, 0.05) is 19.2 Å². The van der Waals surface area contributed by atoms with Crippen LogP contribution in [0, 0.1) is 0 Å². The first-order chi connectivity index (χ1) is 8.60. The first kappa shape index (κ1) is 13.4. The molecule has 2 N–H and O–H groups in total. The number of thioether (sulfide) groups is 1. The Kier molecular flexibility index (Phi) is 4.29. The topological polar surface area (TPSA) is 58.3 Å². The number of piperidine rings is 1. The molecule has 0 radical (unpaired) electrons. The number of rotatable bonds is 3. The van der Waals surface area contributed by atoms with Gasteiger partial charge in [-0.25, -0.2) is 9.97 Å². The normalized spacial score (nSPS) is 17.9. The van der Waals surface area contributed by atoms with E-state index in [1.165, 1.54) is 24.6 Å². The maximum Gasteiger partial charge on any atom is 0.191 e. The molecular formula is C12H21N5S. The summed E-state index contributed by atoms with van der Waals surface area (Å²) in [5.74, 6) is 1.48. The molecule has 1 aliphatic heterocycles. The number of anilines is 2. The minimum atomic E-state index is 0.545. The van der Waals surface area contributed by atoms with Gasteiger partial charge in [0.25, 0.3) is 0 Å². The fourth-order valence-corrected chi connectivity index (χ4v) is 2.65. The van der Waals surface area contributed by atoms with Crippen molar-refractivity contribution in [1.29, 1.82) is 0 Å². The Hall–Kier alpha value is -1.01. The highest BCUT2D eigenvalue weighted by molar-refractivity contribution is 7.98. The number of hydrogen-bond donors (Lipinski definition) is 1. The SMILES string of the molecule is CSc1nc(N)cc(N(C)C2CCN(C)CC2)n1. The third-order valence-corrected chi connectivity index (χ3v) is 4.04. The lowest BCUT2D eigenvalue weighted by molar-refractivity contribution is 0.252. The molecule has 2 heterocycles. The Labute approximate surface area is 113 Å². The summed E-state index contributed by atoms with van der Waals surface area (Å²) in [6, 6.07) is 2.41. The van der Waals surface area contributed by atoms with Crippen LogP contribution in [0.25, 0.3) is 0 Å². The van der Waals surface area contributed by atoms with E-state index in [-0.39, 0.29) is 0 Å². The highest BCUT2D eigenvalue weighted by Gasteiger charge is 2.22. The number of nitrogens with two attached hydrogens (primary N) is 1. The van der Waals surface area contributed by atoms with Crippen molar-refractivity contribution in [3.05, 3.63) is 6.07 Å². The largest absolute Gasteiger partial charge is 0.383 e. The molecule has 18 heavy (non-hydrogen) atoms. The minimum absolute atomic E-state index is 0.545. The molecule has 0 atom stereocenters. The molecule has 0 aromatic carbocycles. The second kappa shape index (κ2) is 5.75. The molecule has 0 aliphatic carbocycles. The van der Waals surface area contributed by atoms with E-state index in [2.05, 4.69) is 33.9 Å². The van der Waals surface area contributed by atoms with Gasteiger partial charge >= 0.3 is 0 Å². The van der Waals surface area contributed by atoms with Crippen molar-refractivity contribution in [1.82, 2.24) is 14.9 Å². The molecule has 5 nitrogen and oxygen atoms in total. The predicted molar refractivity (Wildman–Crippen MR) is 77.1 cm³/mol. The predicted octanol–water partition coefficient (Wildman–Crippen LogP) is 1.31. The molecule has 0 bridgehead atoms. The van der Waals surface area contributed by atoms with Crippen LogP contribution in [0.4, 0.5) is 11.6 Å². The van der Waals surface area contributed by atoms with E-state index in [0.29, 0.717) is 11.9 Å². The van der Waals surface area contributed by atoms with E-state index in [1.807, 2.05) is 12.3 Å². The van der Waals surface area contributed by atoms with E-state index < -0.39 is 0 Å². The van der Waals surface area contributed by atoms with Crippen LogP contribution in [-0.2, 0) is 0 Å². The zero-order chi connectivity index (χ0) is 13.1. The van der Waals surface area contributed by atoms with Crippen molar-refractivity contribution in [2.75, 3.05) is 44.1 Å². The van der Waals surface area contributed by atoms with Gasteiger partial charge in [-0.3, -0.25) is 0 Å². The standard InChI is InChI=1S/C12H21N5S/c1-16-6-4-9(5-7-16)17(2)11-8-10(13)14-12(15-11)18-3/h8-9H,4-7H2,1-3H3,(H2,13,14,15). The van der Waals surface area contributed by atoms with Crippen LogP contribution < -0.4 is 10.6 Å². The van der Waals surface area contributed by atoms with Gasteiger partial charge in [0.15, 0.2) is 5.16 Å². The summed E-state index contributed by atoms with van der Waals surface area (Å²) in [4.78, 5) is 13.3. The number of likely N-dealkylation sites (tertiary alicyclic amines) is 1. The maximum absolute atomic E-state index is 5.83. The number of aromatic nitrogens is 2. The quantitative estimate of drug-likeness (QED) is 0.658. The van der Waals surface area contributed by atoms with Crippen molar-refractivity contribution in [3.8, 4) is 0 Å². The summed E-state index contributed by atoms with van der Waals surface area (Å²) < 4.78 is 0. The summed E-state index contributed by atoms with van der Waals surface area (Å²) in [7, 11) is 4.27. The van der Waals surface area contributed by atoms with E-state index in [4.69, 9.17) is 5.73 Å². The zero-order valence-corrected chi connectivity index (χ0v) is 12.1. The number of nitrogen functional groups attached to an aromatic ring is 1. The first-order valence-electron chi connectivity index (χ1n) is 6.20. The van der Waals surface area contributed by atoms with Crippen LogP contribution in [0.15, 0.2) is 11.2 Å². The molecule has 1 aromatic heterocycles. The molecule has 1 aliphatic rings. The van der Waals surface area contributed by atoms with Crippen LogP contribution in [0.1, 0.15) is 12.8 Å². The molecule has 0 amide bonds. The van der Waals surface area contributed by atoms with Gasteiger partial charge in [-0.05, 0) is 39.2 Å². The van der Waals surface area contributed by atoms with Gasteiger partial charge < -0.3 is 15.5 Å². The van der Waals surface area contributed by atoms with Gasteiger partial charge in [-0.15, -0.1) is 0 Å². The van der Waals surface area contributed by atoms with E-state index in [9.17, 15) is 0 Å². The Bertz CT molecular complexity index is 403. The average molecular weight is 267 g/mol. The molecular weight excluding hydrogens is 246 g/mol. The van der Waals surface area contributed by atoms with Crippen molar-refractivity contribution in [2.24, 2.45) is 0 Å². The van der Waals surface area contributed by atoms with Crippen LogP contribution >= 0.6 is 11.8 Å². The second-order valence-electron chi connectivity index (χ2n) is 4.78. The summed E-state index contributed by atoms with van der Waals surface area (Å²) in [6.07, 6.45) is 4.31. The van der Waals surface area contributed by atoms with Crippen LogP contribution in [0.5, 0.6) is 0 Å². The van der Waals surface area contributed by atoms with Crippen LogP contribution in [0.3, 0.4) is 0 Å². The van der Waals surface area contributed by atoms with E-state index in [0.717, 1.165) is 24.1 Å². The van der Waals surface area contributed by atoms with Crippen molar-refractivity contribution in [3.63, 3.8) is 0 Å². The summed E-state index contributed by atoms with van der Waals surface area (Å²) in [5.41, 5.74) is 5.83. The third kappa shape index (κ3) is 3.05. The lowest BCUT2D eigenvalue weighted by Crippen LogP contribution is -2.42. The Morgan fingerprint density at radius 2 is 2.06 bits per heavy atom. The number of nitrogens with zero attached hydrogens (tertiary/aromatic N) is 4. The fraction of sp³-hybridized carbons (Fsp3) is 0.667. The molecule has 6 heteroatoms. The third-order valence-electron chi connectivity index (χ3n) is 3.49. The summed E-state index contributed by atoms with van der Waals surface area (Å²) >= 11 is 1.52. The van der Waals surface area contributed by atoms with Gasteiger partial charge in [0.05, 0.1) is 0 Å². The minimum Gasteiger partial charge on any atom is -0.383 e. The lowest BCUT2D eigenvalue weighted by Gasteiger charge is -2.35. The van der Waals surface area contributed by atoms with Gasteiger partial charge in [-0.1, -0.05) is 11.8 Å². The Morgan fingerprint density at radius 3 is 2.67 bits per heavy atom. The van der Waals surface area contributed by atoms with Crippen molar-refractivity contribution >= 4 is 23.4 Å². The summed E-state index contributed by atoms with van der Waals surface area (Å²) in [5, 5.41) is 0.741. The highest BCUT2D eigenvalue weighted by Crippen LogP contribution is 2.23. The molecule has 0 unspecified atom stereocenters. The Morgan fingerprint density at radius 1 is 1.39 bits per heavy atom. The van der Waals surface area contributed by atoms with Gasteiger partial charge in [0.1, 0.15) is 11.6 Å².